The highest BCUT2D eigenvalue weighted by molar-refractivity contribution is 7.13. The molecule has 1 atom stereocenters. The summed E-state index contributed by atoms with van der Waals surface area (Å²) in [7, 11) is 1.63. The highest BCUT2D eigenvalue weighted by Gasteiger charge is 2.28. The number of likely N-dealkylation sites (tertiary alicyclic amines) is 1. The molecule has 0 saturated carbocycles. The largest absolute Gasteiger partial charge is 0.497 e. The van der Waals surface area contributed by atoms with Gasteiger partial charge in [-0.2, -0.15) is 0 Å². The molecule has 1 saturated heterocycles. The Kier molecular flexibility index (Phi) is 5.20. The zero-order chi connectivity index (χ0) is 18.6. The maximum absolute atomic E-state index is 12.8. The van der Waals surface area contributed by atoms with Crippen molar-refractivity contribution in [2.45, 2.75) is 25.2 Å². The zero-order valence-corrected chi connectivity index (χ0v) is 15.9. The van der Waals surface area contributed by atoms with Crippen molar-refractivity contribution in [1.82, 2.24) is 15.1 Å². The molecule has 1 aromatic carbocycles. The Bertz CT molecular complexity index is 907. The maximum Gasteiger partial charge on any atom is 0.257 e. The molecule has 6 nitrogen and oxygen atoms in total. The Balaban J connectivity index is 1.42. The predicted octanol–water partition coefficient (Wildman–Crippen LogP) is 3.76. The second-order valence-corrected chi connectivity index (χ2v) is 7.58. The van der Waals surface area contributed by atoms with E-state index in [1.165, 1.54) is 0 Å². The average molecular weight is 383 g/mol. The Morgan fingerprint density at radius 3 is 3.07 bits per heavy atom. The molecule has 7 heteroatoms. The van der Waals surface area contributed by atoms with Gasteiger partial charge in [-0.25, -0.2) is 0 Å². The highest BCUT2D eigenvalue weighted by atomic mass is 32.1. The van der Waals surface area contributed by atoms with E-state index >= 15 is 0 Å². The molecule has 1 amide bonds. The van der Waals surface area contributed by atoms with Crippen molar-refractivity contribution >= 4 is 17.2 Å². The SMILES string of the molecule is COc1cccc(CC(=O)N2CCCC(c3nnc(-c4cccs4)o3)C2)c1. The van der Waals surface area contributed by atoms with Gasteiger partial charge in [0, 0.05) is 13.1 Å². The van der Waals surface area contributed by atoms with Gasteiger partial charge in [-0.1, -0.05) is 18.2 Å². The van der Waals surface area contributed by atoms with Crippen LogP contribution >= 0.6 is 11.3 Å². The second-order valence-electron chi connectivity index (χ2n) is 6.63. The van der Waals surface area contributed by atoms with Crippen molar-refractivity contribution in [3.8, 4) is 16.5 Å². The molecular formula is C20H21N3O3S. The number of piperidine rings is 1. The topological polar surface area (TPSA) is 68.5 Å². The van der Waals surface area contributed by atoms with Gasteiger partial charge in [-0.3, -0.25) is 4.79 Å². The fraction of sp³-hybridized carbons (Fsp3) is 0.350. The first-order chi connectivity index (χ1) is 13.2. The molecule has 0 bridgehead atoms. The number of ether oxygens (including phenoxy) is 1. The second kappa shape index (κ2) is 7.92. The van der Waals surface area contributed by atoms with E-state index in [9.17, 15) is 4.79 Å². The minimum Gasteiger partial charge on any atom is -0.497 e. The van der Waals surface area contributed by atoms with Crippen molar-refractivity contribution in [2.75, 3.05) is 20.2 Å². The van der Waals surface area contributed by atoms with Crippen LogP contribution in [0.1, 0.15) is 30.2 Å². The van der Waals surface area contributed by atoms with Crippen LogP contribution in [-0.4, -0.2) is 41.2 Å². The lowest BCUT2D eigenvalue weighted by Gasteiger charge is -2.31. The molecule has 27 heavy (non-hydrogen) atoms. The van der Waals surface area contributed by atoms with E-state index in [2.05, 4.69) is 10.2 Å². The highest BCUT2D eigenvalue weighted by Crippen LogP contribution is 2.30. The first kappa shape index (κ1) is 17.7. The van der Waals surface area contributed by atoms with E-state index in [1.54, 1.807) is 18.4 Å². The number of hydrogen-bond donors (Lipinski definition) is 0. The molecular weight excluding hydrogens is 362 g/mol. The van der Waals surface area contributed by atoms with E-state index in [4.69, 9.17) is 9.15 Å². The number of methoxy groups -OCH3 is 1. The first-order valence-corrected chi connectivity index (χ1v) is 9.89. The molecule has 0 radical (unpaired) electrons. The van der Waals surface area contributed by atoms with Gasteiger partial charge in [0.1, 0.15) is 5.75 Å². The Hall–Kier alpha value is -2.67. The van der Waals surface area contributed by atoms with Crippen molar-refractivity contribution in [3.63, 3.8) is 0 Å². The molecule has 0 N–H and O–H groups in total. The number of aromatic nitrogens is 2. The van der Waals surface area contributed by atoms with Crippen molar-refractivity contribution in [3.05, 3.63) is 53.2 Å². The number of carbonyl (C=O) groups excluding carboxylic acids is 1. The van der Waals surface area contributed by atoms with Gasteiger partial charge in [0.15, 0.2) is 0 Å². The number of amides is 1. The van der Waals surface area contributed by atoms with Gasteiger partial charge >= 0.3 is 0 Å². The molecule has 1 aliphatic rings. The molecule has 4 rings (SSSR count). The summed E-state index contributed by atoms with van der Waals surface area (Å²) in [5, 5.41) is 10.4. The van der Waals surface area contributed by atoms with Crippen molar-refractivity contribution in [2.24, 2.45) is 0 Å². The number of hydrogen-bond acceptors (Lipinski definition) is 6. The van der Waals surface area contributed by atoms with Gasteiger partial charge in [-0.05, 0) is 42.0 Å². The van der Waals surface area contributed by atoms with Crippen LogP contribution in [0.25, 0.3) is 10.8 Å². The minimum atomic E-state index is 0.0919. The van der Waals surface area contributed by atoms with Crippen LogP contribution in [0.3, 0.4) is 0 Å². The first-order valence-electron chi connectivity index (χ1n) is 9.01. The van der Waals surface area contributed by atoms with Crippen LogP contribution in [0.5, 0.6) is 5.75 Å². The smallest absolute Gasteiger partial charge is 0.257 e. The summed E-state index contributed by atoms with van der Waals surface area (Å²) in [4.78, 5) is 15.6. The molecule has 3 aromatic rings. The van der Waals surface area contributed by atoms with Gasteiger partial charge in [0.25, 0.3) is 5.89 Å². The zero-order valence-electron chi connectivity index (χ0n) is 15.1. The summed E-state index contributed by atoms with van der Waals surface area (Å²) in [5.74, 6) is 2.15. The number of rotatable bonds is 5. The third kappa shape index (κ3) is 4.03. The van der Waals surface area contributed by atoms with E-state index in [0.29, 0.717) is 24.7 Å². The lowest BCUT2D eigenvalue weighted by Crippen LogP contribution is -2.40. The summed E-state index contributed by atoms with van der Waals surface area (Å²) < 4.78 is 11.1. The van der Waals surface area contributed by atoms with Crippen molar-refractivity contribution < 1.29 is 13.9 Å². The van der Waals surface area contributed by atoms with E-state index in [0.717, 1.165) is 35.6 Å². The molecule has 2 aromatic heterocycles. The number of carbonyl (C=O) groups is 1. The summed E-state index contributed by atoms with van der Waals surface area (Å²) in [6.07, 6.45) is 2.26. The summed E-state index contributed by atoms with van der Waals surface area (Å²) in [6.45, 7) is 1.39. The summed E-state index contributed by atoms with van der Waals surface area (Å²) >= 11 is 1.57. The maximum atomic E-state index is 12.8. The van der Waals surface area contributed by atoms with E-state index in [1.807, 2.05) is 46.7 Å². The third-order valence-electron chi connectivity index (χ3n) is 4.79. The molecule has 3 heterocycles. The number of nitrogens with zero attached hydrogens (tertiary/aromatic N) is 3. The quantitative estimate of drug-likeness (QED) is 0.671. The van der Waals surface area contributed by atoms with Gasteiger partial charge in [0.2, 0.25) is 11.8 Å². The van der Waals surface area contributed by atoms with Gasteiger partial charge in [0.05, 0.1) is 24.3 Å². The van der Waals surface area contributed by atoms with Crippen LogP contribution in [-0.2, 0) is 11.2 Å². The van der Waals surface area contributed by atoms with Crippen LogP contribution in [0.2, 0.25) is 0 Å². The van der Waals surface area contributed by atoms with E-state index < -0.39 is 0 Å². The lowest BCUT2D eigenvalue weighted by molar-refractivity contribution is -0.131. The van der Waals surface area contributed by atoms with Gasteiger partial charge < -0.3 is 14.1 Å². The lowest BCUT2D eigenvalue weighted by atomic mass is 9.97. The van der Waals surface area contributed by atoms with E-state index in [-0.39, 0.29) is 11.8 Å². The third-order valence-corrected chi connectivity index (χ3v) is 5.64. The van der Waals surface area contributed by atoms with Crippen LogP contribution in [0, 0.1) is 0 Å². The fourth-order valence-electron chi connectivity index (χ4n) is 3.37. The van der Waals surface area contributed by atoms with Crippen LogP contribution < -0.4 is 4.74 Å². The Morgan fingerprint density at radius 1 is 1.33 bits per heavy atom. The summed E-state index contributed by atoms with van der Waals surface area (Å²) in [6, 6.07) is 11.6. The molecule has 140 valence electrons. The molecule has 1 unspecified atom stereocenters. The summed E-state index contributed by atoms with van der Waals surface area (Å²) in [5.41, 5.74) is 0.958. The number of benzene rings is 1. The number of thiophene rings is 1. The standard InChI is InChI=1S/C20H21N3O3S/c1-25-16-7-2-5-14(11-16)12-18(24)23-9-3-6-15(13-23)19-21-22-20(26-19)17-8-4-10-27-17/h2,4-5,7-8,10-11,15H,3,6,9,12-13H2,1H3. The fourth-order valence-corrected chi connectivity index (χ4v) is 4.02. The Morgan fingerprint density at radius 2 is 2.26 bits per heavy atom. The predicted molar refractivity (Wildman–Crippen MR) is 103 cm³/mol. The molecule has 0 aliphatic carbocycles. The molecule has 1 fully saturated rings. The Labute approximate surface area is 161 Å². The van der Waals surface area contributed by atoms with Crippen LogP contribution in [0.4, 0.5) is 0 Å². The van der Waals surface area contributed by atoms with Gasteiger partial charge in [-0.15, -0.1) is 21.5 Å². The average Bonchev–Trinajstić information content (AvgIpc) is 3.40. The molecule has 0 spiro atoms. The minimum absolute atomic E-state index is 0.0919. The normalized spacial score (nSPS) is 17.1. The monoisotopic (exact) mass is 383 g/mol. The molecule has 1 aliphatic heterocycles. The van der Waals surface area contributed by atoms with Crippen molar-refractivity contribution in [1.29, 1.82) is 0 Å². The van der Waals surface area contributed by atoms with Crippen LogP contribution in [0.15, 0.2) is 46.2 Å².